The SMILES string of the molecule is C[C@H](Oc1nc(C(N)=NO)nc(N2CCCC[C@@](C)(O[Si](c3ccccc3)(c3ccccc3)C(C)(C)C)C2)n1)[C@@H]1C[C@@H](F)CN1C. The van der Waals surface area contributed by atoms with E-state index in [9.17, 15) is 9.60 Å². The third kappa shape index (κ3) is 7.03. The van der Waals surface area contributed by atoms with Gasteiger partial charge in [-0.3, -0.25) is 4.90 Å². The lowest BCUT2D eigenvalue weighted by atomic mass is 10.0. The summed E-state index contributed by atoms with van der Waals surface area (Å²) in [5, 5.41) is 14.9. The zero-order chi connectivity index (χ0) is 33.1. The van der Waals surface area contributed by atoms with Crippen LogP contribution in [0.2, 0.25) is 5.04 Å². The highest BCUT2D eigenvalue weighted by molar-refractivity contribution is 6.99. The van der Waals surface area contributed by atoms with E-state index in [1.165, 1.54) is 10.4 Å². The number of oxime groups is 1. The van der Waals surface area contributed by atoms with Gasteiger partial charge in [0.25, 0.3) is 8.32 Å². The number of benzene rings is 2. The van der Waals surface area contributed by atoms with Gasteiger partial charge in [0.15, 0.2) is 0 Å². The molecule has 10 nitrogen and oxygen atoms in total. The number of anilines is 1. The summed E-state index contributed by atoms with van der Waals surface area (Å²) in [6, 6.07) is 21.2. The van der Waals surface area contributed by atoms with Gasteiger partial charge in [-0.2, -0.15) is 15.0 Å². The highest BCUT2D eigenvalue weighted by Gasteiger charge is 2.54. The number of nitrogens with two attached hydrogens (primary N) is 1. The smallest absolute Gasteiger partial charge is 0.322 e. The second-order valence-corrected chi connectivity index (χ2v) is 18.2. The first-order valence-electron chi connectivity index (χ1n) is 16.2. The highest BCUT2D eigenvalue weighted by Crippen LogP contribution is 2.41. The van der Waals surface area contributed by atoms with Crippen LogP contribution in [0.5, 0.6) is 6.01 Å². The monoisotopic (exact) mass is 649 g/mol. The van der Waals surface area contributed by atoms with E-state index in [1.54, 1.807) is 0 Å². The quantitative estimate of drug-likeness (QED) is 0.116. The van der Waals surface area contributed by atoms with Crippen molar-refractivity contribution < 1.29 is 18.8 Å². The molecule has 0 bridgehead atoms. The van der Waals surface area contributed by atoms with Crippen molar-refractivity contribution in [3.8, 4) is 6.01 Å². The Hall–Kier alpha value is -3.61. The molecule has 248 valence electrons. The number of aromatic nitrogens is 3. The van der Waals surface area contributed by atoms with E-state index in [4.69, 9.17) is 19.9 Å². The van der Waals surface area contributed by atoms with Gasteiger partial charge in [0, 0.05) is 25.7 Å². The van der Waals surface area contributed by atoms with Crippen LogP contribution in [0.1, 0.15) is 66.1 Å². The van der Waals surface area contributed by atoms with Gasteiger partial charge < -0.3 is 25.0 Å². The predicted molar refractivity (Wildman–Crippen MR) is 182 cm³/mol. The predicted octanol–water partition coefficient (Wildman–Crippen LogP) is 4.10. The molecule has 3 N–H and O–H groups in total. The first-order valence-corrected chi connectivity index (χ1v) is 18.1. The Labute approximate surface area is 273 Å². The molecular formula is C34H48FN7O3Si. The van der Waals surface area contributed by atoms with Crippen LogP contribution in [0.3, 0.4) is 0 Å². The normalized spacial score (nSPS) is 24.1. The van der Waals surface area contributed by atoms with Crippen molar-refractivity contribution in [3.63, 3.8) is 0 Å². The molecule has 2 aliphatic heterocycles. The number of alkyl halides is 1. The Morgan fingerprint density at radius 1 is 1.07 bits per heavy atom. The number of rotatable bonds is 9. The molecule has 3 aromatic rings. The fraction of sp³-hybridized carbons (Fsp3) is 0.529. The summed E-state index contributed by atoms with van der Waals surface area (Å²) in [6.07, 6.45) is 1.78. The summed E-state index contributed by atoms with van der Waals surface area (Å²) in [6.45, 7) is 12.5. The minimum Gasteiger partial charge on any atom is -0.459 e. The molecule has 0 saturated carbocycles. The van der Waals surface area contributed by atoms with E-state index in [2.05, 4.69) is 96.2 Å². The number of hydrogen-bond acceptors (Lipinski definition) is 9. The van der Waals surface area contributed by atoms with Crippen LogP contribution in [-0.2, 0) is 4.43 Å². The number of hydrogen-bond donors (Lipinski definition) is 2. The van der Waals surface area contributed by atoms with Gasteiger partial charge in [0.2, 0.25) is 17.6 Å². The molecule has 0 unspecified atom stereocenters. The number of likely N-dealkylation sites (N-methyl/N-ethyl adjacent to an activating group) is 1. The summed E-state index contributed by atoms with van der Waals surface area (Å²) in [7, 11) is -0.985. The van der Waals surface area contributed by atoms with Crippen molar-refractivity contribution in [3.05, 3.63) is 66.5 Å². The summed E-state index contributed by atoms with van der Waals surface area (Å²) in [5.74, 6) is 0.127. The summed E-state index contributed by atoms with van der Waals surface area (Å²) < 4.78 is 28.0. The van der Waals surface area contributed by atoms with Crippen LogP contribution < -0.4 is 25.7 Å². The summed E-state index contributed by atoms with van der Waals surface area (Å²) >= 11 is 0. The van der Waals surface area contributed by atoms with Crippen LogP contribution in [0.15, 0.2) is 65.8 Å². The fourth-order valence-corrected chi connectivity index (χ4v) is 11.9. The number of amidine groups is 1. The molecule has 2 saturated heterocycles. The minimum atomic E-state index is -2.87. The third-order valence-corrected chi connectivity index (χ3v) is 14.5. The van der Waals surface area contributed by atoms with E-state index in [1.807, 2.05) is 31.0 Å². The Balaban J connectivity index is 1.52. The van der Waals surface area contributed by atoms with Gasteiger partial charge in [-0.25, -0.2) is 4.39 Å². The molecule has 2 fully saturated rings. The van der Waals surface area contributed by atoms with E-state index in [0.717, 1.165) is 19.3 Å². The number of likely N-dealkylation sites (tertiary alicyclic amines) is 1. The molecule has 0 spiro atoms. The van der Waals surface area contributed by atoms with Crippen molar-refractivity contribution in [2.45, 2.75) is 89.3 Å². The van der Waals surface area contributed by atoms with E-state index in [-0.39, 0.29) is 28.8 Å². The zero-order valence-corrected chi connectivity index (χ0v) is 28.9. The largest absolute Gasteiger partial charge is 0.459 e. The maximum Gasteiger partial charge on any atom is 0.322 e. The number of nitrogens with zero attached hydrogens (tertiary/aromatic N) is 6. The molecule has 12 heteroatoms. The van der Waals surface area contributed by atoms with Gasteiger partial charge >= 0.3 is 6.01 Å². The standard InChI is InChI=1S/C34H48FN7O3Si/c1-24(28-21-25(35)22-41(28)6)44-32-38-30(29(36)40-43)37-31(39-32)42-20-14-13-19-34(5,23-42)45-46(33(2,3)4,26-15-9-7-10-16-26)27-17-11-8-12-18-27/h7-12,15-18,24-25,28,43H,13-14,19-23H2,1-6H3,(H2,36,40)/t24-,25+,28-,34+/m0/s1. The molecule has 46 heavy (non-hydrogen) atoms. The van der Waals surface area contributed by atoms with Gasteiger partial charge in [-0.15, -0.1) is 0 Å². The average Bonchev–Trinajstić information content (AvgIpc) is 3.25. The minimum absolute atomic E-state index is 0.0108. The van der Waals surface area contributed by atoms with Gasteiger partial charge in [-0.1, -0.05) is 86.6 Å². The zero-order valence-electron chi connectivity index (χ0n) is 27.9. The fourth-order valence-electron chi connectivity index (χ4n) is 7.09. The van der Waals surface area contributed by atoms with Crippen molar-refractivity contribution >= 4 is 30.5 Å². The van der Waals surface area contributed by atoms with Crippen LogP contribution >= 0.6 is 0 Å². The second-order valence-electron chi connectivity index (χ2n) is 14.0. The number of halogens is 1. The van der Waals surface area contributed by atoms with Crippen molar-refractivity contribution in [1.29, 1.82) is 0 Å². The van der Waals surface area contributed by atoms with Crippen molar-refractivity contribution in [2.24, 2.45) is 10.9 Å². The van der Waals surface area contributed by atoms with Crippen molar-refractivity contribution in [2.75, 3.05) is 31.6 Å². The van der Waals surface area contributed by atoms with Gasteiger partial charge in [0.05, 0.1) is 5.60 Å². The Morgan fingerprint density at radius 3 is 2.24 bits per heavy atom. The molecular weight excluding hydrogens is 602 g/mol. The molecule has 5 rings (SSSR count). The summed E-state index contributed by atoms with van der Waals surface area (Å²) in [4.78, 5) is 17.8. The van der Waals surface area contributed by atoms with Gasteiger partial charge in [0.1, 0.15) is 12.3 Å². The second kappa shape index (κ2) is 13.6. The lowest BCUT2D eigenvalue weighted by Crippen LogP contribution is -2.70. The van der Waals surface area contributed by atoms with E-state index in [0.29, 0.717) is 32.0 Å². The summed E-state index contributed by atoms with van der Waals surface area (Å²) in [5.41, 5.74) is 5.43. The maximum atomic E-state index is 14.2. The van der Waals surface area contributed by atoms with Crippen molar-refractivity contribution in [1.82, 2.24) is 19.9 Å². The van der Waals surface area contributed by atoms with Crippen LogP contribution in [0.4, 0.5) is 10.3 Å². The maximum absolute atomic E-state index is 14.2. The number of ether oxygens (including phenoxy) is 1. The Bertz CT molecular complexity index is 1450. The molecule has 0 radical (unpaired) electrons. The molecule has 4 atom stereocenters. The third-order valence-electron chi connectivity index (χ3n) is 9.33. The molecule has 2 aliphatic rings. The molecule has 0 aliphatic carbocycles. The molecule has 0 amide bonds. The molecule has 3 heterocycles. The Kier molecular flexibility index (Phi) is 9.99. The van der Waals surface area contributed by atoms with Crippen LogP contribution in [-0.4, -0.2) is 89.8 Å². The highest BCUT2D eigenvalue weighted by atomic mass is 28.4. The van der Waals surface area contributed by atoms with Crippen LogP contribution in [0, 0.1) is 0 Å². The van der Waals surface area contributed by atoms with E-state index < -0.39 is 26.2 Å². The lowest BCUT2D eigenvalue weighted by molar-refractivity contribution is 0.0772. The lowest BCUT2D eigenvalue weighted by Gasteiger charge is -2.49. The molecule has 2 aromatic carbocycles. The molecule has 1 aromatic heterocycles. The van der Waals surface area contributed by atoms with E-state index >= 15 is 0 Å². The first kappa shape index (κ1) is 33.7. The topological polar surface area (TPSA) is 122 Å². The Morgan fingerprint density at radius 2 is 1.70 bits per heavy atom. The van der Waals surface area contributed by atoms with Crippen LogP contribution in [0.25, 0.3) is 0 Å². The van der Waals surface area contributed by atoms with Gasteiger partial charge in [-0.05, 0) is 62.0 Å². The average molecular weight is 650 g/mol. The first-order chi connectivity index (χ1) is 21.8.